The minimum absolute atomic E-state index is 0.232. The van der Waals surface area contributed by atoms with Gasteiger partial charge in [-0.05, 0) is 50.1 Å². The molecule has 0 spiro atoms. The van der Waals surface area contributed by atoms with Gasteiger partial charge in [-0.15, -0.1) is 0 Å². The Morgan fingerprint density at radius 2 is 1.81 bits per heavy atom. The molecule has 6 nitrogen and oxygen atoms in total. The molecule has 0 aromatic heterocycles. The maximum Gasteiger partial charge on any atom is 0.244 e. The molecule has 2 aromatic rings. The van der Waals surface area contributed by atoms with Gasteiger partial charge in [-0.1, -0.05) is 32.0 Å². The number of carbonyl (C=O) groups is 1. The second kappa shape index (κ2) is 8.86. The number of para-hydroxylation sites is 1. The summed E-state index contributed by atoms with van der Waals surface area (Å²) >= 11 is 0. The van der Waals surface area contributed by atoms with Crippen molar-refractivity contribution < 1.29 is 22.3 Å². The molecule has 0 saturated heterocycles. The lowest BCUT2D eigenvalue weighted by atomic mass is 9.83. The summed E-state index contributed by atoms with van der Waals surface area (Å²) in [6.45, 7) is 5.63. The van der Waals surface area contributed by atoms with Crippen molar-refractivity contribution in [1.82, 2.24) is 5.32 Å². The second-order valence-corrected chi connectivity index (χ2v) is 9.87. The predicted octanol–water partition coefficient (Wildman–Crippen LogP) is 4.18. The number of nitrogens with zero attached hydrogens (tertiary/aromatic N) is 1. The van der Waals surface area contributed by atoms with Crippen molar-refractivity contribution in [3.63, 3.8) is 0 Å². The molecule has 0 aliphatic carbocycles. The molecule has 31 heavy (non-hydrogen) atoms. The van der Waals surface area contributed by atoms with Crippen LogP contribution in [0.1, 0.15) is 51.6 Å². The van der Waals surface area contributed by atoms with Gasteiger partial charge in [0.1, 0.15) is 23.2 Å². The van der Waals surface area contributed by atoms with Crippen molar-refractivity contribution in [2.24, 2.45) is 0 Å². The zero-order chi connectivity index (χ0) is 22.8. The van der Waals surface area contributed by atoms with Gasteiger partial charge < -0.3 is 10.1 Å². The number of hydrogen-bond acceptors (Lipinski definition) is 4. The first-order chi connectivity index (χ1) is 14.6. The maximum absolute atomic E-state index is 13.3. The molecule has 1 aliphatic rings. The largest absolute Gasteiger partial charge is 0.487 e. The highest BCUT2D eigenvalue weighted by molar-refractivity contribution is 7.92. The predicted molar refractivity (Wildman–Crippen MR) is 119 cm³/mol. The van der Waals surface area contributed by atoms with Crippen LogP contribution in [0.4, 0.5) is 10.1 Å². The van der Waals surface area contributed by atoms with Gasteiger partial charge in [0.05, 0.1) is 18.0 Å². The van der Waals surface area contributed by atoms with E-state index in [9.17, 15) is 17.6 Å². The third-order valence-electron chi connectivity index (χ3n) is 5.97. The van der Waals surface area contributed by atoms with E-state index in [1.54, 1.807) is 0 Å². The Labute approximate surface area is 183 Å². The van der Waals surface area contributed by atoms with Gasteiger partial charge >= 0.3 is 0 Å². The fourth-order valence-corrected chi connectivity index (χ4v) is 5.29. The molecule has 0 radical (unpaired) electrons. The van der Waals surface area contributed by atoms with Crippen LogP contribution in [-0.2, 0) is 14.8 Å². The Kier molecular flexibility index (Phi) is 6.59. The smallest absolute Gasteiger partial charge is 0.244 e. The normalized spacial score (nSPS) is 18.4. The van der Waals surface area contributed by atoms with Crippen molar-refractivity contribution in [3.05, 3.63) is 59.9 Å². The Balaban J connectivity index is 1.90. The molecular weight excluding hydrogens is 419 g/mol. The minimum atomic E-state index is -3.78. The molecule has 168 valence electrons. The molecule has 2 atom stereocenters. The van der Waals surface area contributed by atoms with Gasteiger partial charge in [-0.25, -0.2) is 12.8 Å². The number of carbonyl (C=O) groups excluding carboxylic acids is 1. The third kappa shape index (κ3) is 4.84. The zero-order valence-electron chi connectivity index (χ0n) is 18.3. The molecule has 0 fully saturated rings. The highest BCUT2D eigenvalue weighted by Crippen LogP contribution is 2.42. The first-order valence-electron chi connectivity index (χ1n) is 10.4. The highest BCUT2D eigenvalue weighted by Gasteiger charge is 2.40. The van der Waals surface area contributed by atoms with E-state index in [2.05, 4.69) is 19.2 Å². The number of amides is 1. The maximum atomic E-state index is 13.3. The van der Waals surface area contributed by atoms with Crippen molar-refractivity contribution in [2.45, 2.75) is 57.7 Å². The van der Waals surface area contributed by atoms with Crippen LogP contribution in [0.15, 0.2) is 48.5 Å². The van der Waals surface area contributed by atoms with Crippen molar-refractivity contribution >= 4 is 21.6 Å². The summed E-state index contributed by atoms with van der Waals surface area (Å²) in [5, 5.41) is 3.03. The molecule has 3 rings (SSSR count). The van der Waals surface area contributed by atoms with E-state index in [0.717, 1.165) is 34.7 Å². The van der Waals surface area contributed by atoms with Crippen LogP contribution in [0.3, 0.4) is 0 Å². The van der Waals surface area contributed by atoms with E-state index in [1.807, 2.05) is 24.3 Å². The van der Waals surface area contributed by atoms with E-state index in [-0.39, 0.29) is 11.7 Å². The number of halogens is 1. The summed E-state index contributed by atoms with van der Waals surface area (Å²) in [7, 11) is -3.78. The molecule has 0 saturated carbocycles. The van der Waals surface area contributed by atoms with E-state index >= 15 is 0 Å². The lowest BCUT2D eigenvalue weighted by Gasteiger charge is -2.42. The molecular formula is C23H29FN2O4S. The number of fused-ring (bicyclic) bond motifs is 1. The van der Waals surface area contributed by atoms with Crippen LogP contribution in [0.5, 0.6) is 5.75 Å². The van der Waals surface area contributed by atoms with Crippen LogP contribution < -0.4 is 14.4 Å². The number of nitrogens with one attached hydrogen (secondary N) is 1. The number of benzene rings is 2. The lowest BCUT2D eigenvalue weighted by Crippen LogP contribution is -2.51. The van der Waals surface area contributed by atoms with Crippen molar-refractivity contribution in [1.29, 1.82) is 0 Å². The Bertz CT molecular complexity index is 1040. The van der Waals surface area contributed by atoms with Gasteiger partial charge in [-0.3, -0.25) is 9.10 Å². The van der Waals surface area contributed by atoms with E-state index in [0.29, 0.717) is 6.42 Å². The fourth-order valence-electron chi connectivity index (χ4n) is 4.12. The first-order valence-corrected chi connectivity index (χ1v) is 12.3. The van der Waals surface area contributed by atoms with Crippen LogP contribution >= 0.6 is 0 Å². The van der Waals surface area contributed by atoms with E-state index < -0.39 is 33.4 Å². The molecule has 0 unspecified atom stereocenters. The second-order valence-electron chi connectivity index (χ2n) is 8.01. The fraction of sp³-hybridized carbons (Fsp3) is 0.435. The number of hydrogen-bond donors (Lipinski definition) is 1. The SMILES string of the molecule is CCC1(CC)C[C@@H](NC(=O)[C@@H](C)N(c2ccc(F)cc2)S(C)(=O)=O)c2ccccc2O1. The standard InChI is InChI=1S/C23H29FN2O4S/c1-5-23(6-2)15-20(19-9-7-8-10-21(19)30-23)25-22(27)16(3)26(31(4,28)29)18-13-11-17(24)12-14-18/h7-14,16,20H,5-6,15H2,1-4H3,(H,25,27)/t16-,20-/m1/s1. The Morgan fingerprint density at radius 1 is 1.19 bits per heavy atom. The number of anilines is 1. The highest BCUT2D eigenvalue weighted by atomic mass is 32.2. The van der Waals surface area contributed by atoms with Crippen molar-refractivity contribution in [3.8, 4) is 5.75 Å². The van der Waals surface area contributed by atoms with Crippen LogP contribution in [-0.4, -0.2) is 32.2 Å². The van der Waals surface area contributed by atoms with Crippen molar-refractivity contribution in [2.75, 3.05) is 10.6 Å². The van der Waals surface area contributed by atoms with Crippen LogP contribution in [0.25, 0.3) is 0 Å². The quantitative estimate of drug-likeness (QED) is 0.690. The van der Waals surface area contributed by atoms with Gasteiger partial charge in [-0.2, -0.15) is 0 Å². The summed E-state index contributed by atoms with van der Waals surface area (Å²) in [5.74, 6) is -0.185. The Hall–Kier alpha value is -2.61. The molecule has 1 amide bonds. The molecule has 1 aliphatic heterocycles. The third-order valence-corrected chi connectivity index (χ3v) is 7.21. The van der Waals surface area contributed by atoms with Crippen LogP contribution in [0.2, 0.25) is 0 Å². The van der Waals surface area contributed by atoms with Crippen LogP contribution in [0, 0.1) is 5.82 Å². The molecule has 2 aromatic carbocycles. The zero-order valence-corrected chi connectivity index (χ0v) is 19.1. The number of rotatable bonds is 7. The molecule has 1 N–H and O–H groups in total. The van der Waals surface area contributed by atoms with Gasteiger partial charge in [0.15, 0.2) is 0 Å². The summed E-state index contributed by atoms with van der Waals surface area (Å²) in [6, 6.07) is 11.3. The lowest BCUT2D eigenvalue weighted by molar-refractivity contribution is -0.123. The average molecular weight is 449 g/mol. The topological polar surface area (TPSA) is 75.7 Å². The number of ether oxygens (including phenoxy) is 1. The van der Waals surface area contributed by atoms with E-state index in [1.165, 1.54) is 31.2 Å². The molecule has 8 heteroatoms. The molecule has 0 bridgehead atoms. The summed E-state index contributed by atoms with van der Waals surface area (Å²) in [4.78, 5) is 13.2. The number of sulfonamides is 1. The minimum Gasteiger partial charge on any atom is -0.487 e. The van der Waals surface area contributed by atoms with Gasteiger partial charge in [0.25, 0.3) is 0 Å². The first kappa shape index (κ1) is 23.1. The summed E-state index contributed by atoms with van der Waals surface area (Å²) in [6.07, 6.45) is 3.18. The average Bonchev–Trinajstić information content (AvgIpc) is 2.74. The summed E-state index contributed by atoms with van der Waals surface area (Å²) in [5.41, 5.74) is 0.701. The summed E-state index contributed by atoms with van der Waals surface area (Å²) < 4.78 is 45.6. The van der Waals surface area contributed by atoms with Gasteiger partial charge in [0.2, 0.25) is 15.9 Å². The Morgan fingerprint density at radius 3 is 2.39 bits per heavy atom. The van der Waals surface area contributed by atoms with E-state index in [4.69, 9.17) is 4.74 Å². The molecule has 1 heterocycles. The van der Waals surface area contributed by atoms with Gasteiger partial charge in [0, 0.05) is 12.0 Å². The monoisotopic (exact) mass is 448 g/mol.